The zero-order valence-corrected chi connectivity index (χ0v) is 14.1. The van der Waals surface area contributed by atoms with Crippen molar-refractivity contribution in [3.8, 4) is 0 Å². The quantitative estimate of drug-likeness (QED) is 0.791. The number of aliphatic hydroxyl groups is 1. The number of ether oxygens (including phenoxy) is 1. The predicted octanol–water partition coefficient (Wildman–Crippen LogP) is 2.39. The van der Waals surface area contributed by atoms with Crippen molar-refractivity contribution in [1.29, 1.82) is 0 Å². The van der Waals surface area contributed by atoms with Gasteiger partial charge in [-0.2, -0.15) is 0 Å². The van der Waals surface area contributed by atoms with Crippen LogP contribution < -0.4 is 5.32 Å². The molecule has 0 aromatic heterocycles. The maximum atomic E-state index is 12.4. The van der Waals surface area contributed by atoms with Gasteiger partial charge in [-0.1, -0.05) is 26.7 Å². The van der Waals surface area contributed by atoms with E-state index in [0.29, 0.717) is 31.5 Å². The highest BCUT2D eigenvalue weighted by Crippen LogP contribution is 2.35. The molecule has 1 atom stereocenters. The van der Waals surface area contributed by atoms with E-state index in [4.69, 9.17) is 9.84 Å². The molecule has 1 saturated carbocycles. The first-order valence-electron chi connectivity index (χ1n) is 8.82. The van der Waals surface area contributed by atoms with Gasteiger partial charge in [0.25, 0.3) is 0 Å². The van der Waals surface area contributed by atoms with E-state index in [1.54, 1.807) is 0 Å². The summed E-state index contributed by atoms with van der Waals surface area (Å²) in [6, 6.07) is 0.0290. The zero-order chi connectivity index (χ0) is 16.0. The SMILES string of the molecule is CC(C)C[C@H](CCO)CNC(=O)N1CCOC2(CCCC2)C1. The topological polar surface area (TPSA) is 61.8 Å². The van der Waals surface area contributed by atoms with E-state index in [2.05, 4.69) is 19.2 Å². The van der Waals surface area contributed by atoms with Gasteiger partial charge in [-0.25, -0.2) is 4.79 Å². The van der Waals surface area contributed by atoms with Gasteiger partial charge in [0.1, 0.15) is 0 Å². The Morgan fingerprint density at radius 2 is 2.09 bits per heavy atom. The molecule has 22 heavy (non-hydrogen) atoms. The molecule has 0 unspecified atom stereocenters. The van der Waals surface area contributed by atoms with Crippen molar-refractivity contribution in [2.24, 2.45) is 11.8 Å². The van der Waals surface area contributed by atoms with E-state index in [1.165, 1.54) is 12.8 Å². The highest BCUT2D eigenvalue weighted by Gasteiger charge is 2.40. The largest absolute Gasteiger partial charge is 0.396 e. The minimum absolute atomic E-state index is 0.0290. The van der Waals surface area contributed by atoms with Crippen LogP contribution in [-0.2, 0) is 4.74 Å². The summed E-state index contributed by atoms with van der Waals surface area (Å²) >= 11 is 0. The van der Waals surface area contributed by atoms with Crippen LogP contribution in [0.3, 0.4) is 0 Å². The summed E-state index contributed by atoms with van der Waals surface area (Å²) in [5.41, 5.74) is -0.0714. The van der Waals surface area contributed by atoms with E-state index >= 15 is 0 Å². The van der Waals surface area contributed by atoms with Gasteiger partial charge < -0.3 is 20.1 Å². The Kier molecular flexibility index (Phi) is 6.50. The molecular formula is C17H32N2O3. The highest BCUT2D eigenvalue weighted by atomic mass is 16.5. The molecule has 1 heterocycles. The molecule has 5 nitrogen and oxygen atoms in total. The van der Waals surface area contributed by atoms with Gasteiger partial charge in [0.2, 0.25) is 0 Å². The number of urea groups is 1. The van der Waals surface area contributed by atoms with E-state index < -0.39 is 0 Å². The number of nitrogens with one attached hydrogen (secondary N) is 1. The molecule has 5 heteroatoms. The van der Waals surface area contributed by atoms with Crippen molar-refractivity contribution < 1.29 is 14.6 Å². The second kappa shape index (κ2) is 8.16. The summed E-state index contributed by atoms with van der Waals surface area (Å²) < 4.78 is 5.97. The first kappa shape index (κ1) is 17.5. The van der Waals surface area contributed by atoms with E-state index in [1.807, 2.05) is 4.90 Å². The zero-order valence-electron chi connectivity index (χ0n) is 14.1. The fourth-order valence-corrected chi connectivity index (χ4v) is 3.84. The fraction of sp³-hybridized carbons (Fsp3) is 0.941. The van der Waals surface area contributed by atoms with E-state index in [9.17, 15) is 4.79 Å². The smallest absolute Gasteiger partial charge is 0.317 e. The molecule has 2 N–H and O–H groups in total. The monoisotopic (exact) mass is 312 g/mol. The summed E-state index contributed by atoms with van der Waals surface area (Å²) in [5, 5.41) is 12.2. The Hall–Kier alpha value is -0.810. The number of rotatable bonds is 6. The van der Waals surface area contributed by atoms with Crippen LogP contribution in [0.25, 0.3) is 0 Å². The Bertz CT molecular complexity index is 354. The number of nitrogens with zero attached hydrogens (tertiary/aromatic N) is 1. The number of carbonyl (C=O) groups excluding carboxylic acids is 1. The molecule has 2 aliphatic rings. The number of carbonyl (C=O) groups is 1. The molecule has 0 aromatic rings. The van der Waals surface area contributed by atoms with Crippen molar-refractivity contribution >= 4 is 6.03 Å². The van der Waals surface area contributed by atoms with Crippen molar-refractivity contribution in [2.45, 2.75) is 58.0 Å². The van der Waals surface area contributed by atoms with Gasteiger partial charge in [0.15, 0.2) is 0 Å². The lowest BCUT2D eigenvalue weighted by Crippen LogP contribution is -2.55. The predicted molar refractivity (Wildman–Crippen MR) is 86.8 cm³/mol. The maximum absolute atomic E-state index is 12.4. The standard InChI is InChI=1S/C17H32N2O3/c1-14(2)11-15(5-9-20)12-18-16(21)19-8-10-22-17(13-19)6-3-4-7-17/h14-15,20H,3-13H2,1-2H3,(H,18,21)/t15-/m0/s1. The minimum Gasteiger partial charge on any atom is -0.396 e. The molecule has 2 amide bonds. The second-order valence-corrected chi connectivity index (χ2v) is 7.35. The lowest BCUT2D eigenvalue weighted by Gasteiger charge is -2.40. The number of amides is 2. The molecule has 0 aromatic carbocycles. The molecule has 1 spiro atoms. The van der Waals surface area contributed by atoms with Crippen molar-refractivity contribution in [2.75, 3.05) is 32.8 Å². The average Bonchev–Trinajstić information content (AvgIpc) is 2.92. The van der Waals surface area contributed by atoms with E-state index in [-0.39, 0.29) is 18.2 Å². The van der Waals surface area contributed by atoms with Crippen LogP contribution in [0.4, 0.5) is 4.79 Å². The van der Waals surface area contributed by atoms with Crippen LogP contribution in [0.1, 0.15) is 52.4 Å². The molecule has 2 fully saturated rings. The summed E-state index contributed by atoms with van der Waals surface area (Å²) in [5.74, 6) is 0.939. The molecule has 1 saturated heterocycles. The Morgan fingerprint density at radius 1 is 1.36 bits per heavy atom. The minimum atomic E-state index is -0.0714. The molecule has 0 bridgehead atoms. The van der Waals surface area contributed by atoms with Gasteiger partial charge in [0, 0.05) is 19.7 Å². The van der Waals surface area contributed by atoms with Crippen molar-refractivity contribution in [3.63, 3.8) is 0 Å². The maximum Gasteiger partial charge on any atom is 0.317 e. The molecule has 1 aliphatic carbocycles. The van der Waals surface area contributed by atoms with Gasteiger partial charge in [-0.3, -0.25) is 0 Å². The highest BCUT2D eigenvalue weighted by molar-refractivity contribution is 5.74. The third-order valence-corrected chi connectivity index (χ3v) is 4.93. The summed E-state index contributed by atoms with van der Waals surface area (Å²) in [4.78, 5) is 14.3. The fourth-order valence-electron chi connectivity index (χ4n) is 3.84. The molecule has 2 rings (SSSR count). The van der Waals surface area contributed by atoms with Crippen LogP contribution in [0.5, 0.6) is 0 Å². The Labute approximate surface area is 134 Å². The first-order valence-corrected chi connectivity index (χ1v) is 8.82. The van der Waals surface area contributed by atoms with Crippen LogP contribution in [0.15, 0.2) is 0 Å². The van der Waals surface area contributed by atoms with Gasteiger partial charge in [-0.15, -0.1) is 0 Å². The van der Waals surface area contributed by atoms with Crippen LogP contribution in [0.2, 0.25) is 0 Å². The normalized spacial score (nSPS) is 22.3. The molecular weight excluding hydrogens is 280 g/mol. The molecule has 0 radical (unpaired) electrons. The van der Waals surface area contributed by atoms with Crippen molar-refractivity contribution in [1.82, 2.24) is 10.2 Å². The Balaban J connectivity index is 1.80. The summed E-state index contributed by atoms with van der Waals surface area (Å²) in [6.45, 7) is 7.27. The van der Waals surface area contributed by atoms with Crippen LogP contribution in [-0.4, -0.2) is 54.5 Å². The first-order chi connectivity index (χ1) is 10.5. The average molecular weight is 312 g/mol. The Morgan fingerprint density at radius 3 is 2.73 bits per heavy atom. The van der Waals surface area contributed by atoms with Crippen LogP contribution >= 0.6 is 0 Å². The third kappa shape index (κ3) is 4.85. The third-order valence-electron chi connectivity index (χ3n) is 4.93. The number of aliphatic hydroxyl groups excluding tert-OH is 1. The van der Waals surface area contributed by atoms with E-state index in [0.717, 1.165) is 32.2 Å². The second-order valence-electron chi connectivity index (χ2n) is 7.35. The molecule has 128 valence electrons. The summed E-state index contributed by atoms with van der Waals surface area (Å²) in [6.07, 6.45) is 6.37. The lowest BCUT2D eigenvalue weighted by molar-refractivity contribution is -0.0926. The van der Waals surface area contributed by atoms with Crippen LogP contribution in [0, 0.1) is 11.8 Å². The molecule has 1 aliphatic heterocycles. The number of morpholine rings is 1. The summed E-state index contributed by atoms with van der Waals surface area (Å²) in [7, 11) is 0. The number of hydrogen-bond donors (Lipinski definition) is 2. The van der Waals surface area contributed by atoms with Gasteiger partial charge >= 0.3 is 6.03 Å². The van der Waals surface area contributed by atoms with Gasteiger partial charge in [0.05, 0.1) is 18.8 Å². The van der Waals surface area contributed by atoms with Crippen molar-refractivity contribution in [3.05, 3.63) is 0 Å². The van der Waals surface area contributed by atoms with Gasteiger partial charge in [-0.05, 0) is 37.5 Å². The lowest BCUT2D eigenvalue weighted by atomic mass is 9.94. The number of hydrogen-bond acceptors (Lipinski definition) is 3.